The van der Waals surface area contributed by atoms with Crippen molar-refractivity contribution in [2.45, 2.75) is 36.8 Å². The van der Waals surface area contributed by atoms with Crippen LogP contribution in [0.3, 0.4) is 0 Å². The number of sulfonamides is 1. The summed E-state index contributed by atoms with van der Waals surface area (Å²) in [6.07, 6.45) is 1.41. The van der Waals surface area contributed by atoms with Crippen LogP contribution in [0.25, 0.3) is 0 Å². The molecule has 0 saturated carbocycles. The van der Waals surface area contributed by atoms with Crippen LogP contribution in [-0.2, 0) is 14.8 Å². The van der Waals surface area contributed by atoms with Crippen LogP contribution in [0, 0.1) is 10.1 Å². The highest BCUT2D eigenvalue weighted by Gasteiger charge is 2.31. The van der Waals surface area contributed by atoms with Gasteiger partial charge in [-0.1, -0.05) is 11.6 Å². The van der Waals surface area contributed by atoms with Gasteiger partial charge < -0.3 is 4.74 Å². The van der Waals surface area contributed by atoms with Crippen molar-refractivity contribution in [2.75, 3.05) is 6.61 Å². The number of hydrogen-bond donors (Lipinski definition) is 1. The van der Waals surface area contributed by atoms with E-state index in [1.165, 1.54) is 6.07 Å². The van der Waals surface area contributed by atoms with E-state index < -0.39 is 31.6 Å². The number of halogens is 1. The van der Waals surface area contributed by atoms with E-state index in [0.29, 0.717) is 6.61 Å². The topological polar surface area (TPSA) is 98.5 Å². The molecule has 0 amide bonds. The lowest BCUT2D eigenvalue weighted by Crippen LogP contribution is -2.40. The Labute approximate surface area is 127 Å². The maximum Gasteiger partial charge on any atom is 0.290 e. The van der Waals surface area contributed by atoms with Crippen LogP contribution >= 0.6 is 11.6 Å². The number of nitrogens with one attached hydrogen (secondary N) is 1. The van der Waals surface area contributed by atoms with Crippen LogP contribution in [0.2, 0.25) is 5.02 Å². The van der Waals surface area contributed by atoms with Crippen LogP contribution in [0.4, 0.5) is 5.69 Å². The smallest absolute Gasteiger partial charge is 0.290 e. The monoisotopic (exact) mass is 334 g/mol. The Morgan fingerprint density at radius 1 is 1.52 bits per heavy atom. The van der Waals surface area contributed by atoms with Crippen LogP contribution in [0.1, 0.15) is 19.8 Å². The first-order valence-electron chi connectivity index (χ1n) is 6.39. The number of nitro groups is 1. The molecule has 1 aromatic carbocycles. The number of benzene rings is 1. The summed E-state index contributed by atoms with van der Waals surface area (Å²) < 4.78 is 32.5. The highest BCUT2D eigenvalue weighted by molar-refractivity contribution is 7.89. The third-order valence-electron chi connectivity index (χ3n) is 3.27. The number of rotatable bonds is 5. The molecule has 1 aliphatic heterocycles. The van der Waals surface area contributed by atoms with E-state index >= 15 is 0 Å². The maximum atomic E-state index is 12.3. The molecule has 0 radical (unpaired) electrons. The molecule has 1 aromatic rings. The first-order valence-corrected chi connectivity index (χ1v) is 8.25. The van der Waals surface area contributed by atoms with Crippen LogP contribution in [-0.4, -0.2) is 32.1 Å². The van der Waals surface area contributed by atoms with Crippen molar-refractivity contribution < 1.29 is 18.1 Å². The molecule has 0 aliphatic carbocycles. The Kier molecular flexibility index (Phi) is 4.82. The van der Waals surface area contributed by atoms with E-state index in [1.54, 1.807) is 6.92 Å². The molecule has 116 valence electrons. The highest BCUT2D eigenvalue weighted by Crippen LogP contribution is 2.27. The Balaban J connectivity index is 2.29. The molecule has 2 rings (SSSR count). The van der Waals surface area contributed by atoms with Crippen molar-refractivity contribution in [1.82, 2.24) is 4.72 Å². The molecule has 1 aliphatic rings. The average molecular weight is 335 g/mol. The van der Waals surface area contributed by atoms with Gasteiger partial charge in [0.05, 0.1) is 11.0 Å². The summed E-state index contributed by atoms with van der Waals surface area (Å²) in [5.41, 5.74) is -0.547. The van der Waals surface area contributed by atoms with Gasteiger partial charge in [-0.3, -0.25) is 10.1 Å². The van der Waals surface area contributed by atoms with Gasteiger partial charge >= 0.3 is 0 Å². The minimum atomic E-state index is -4.02. The number of nitro benzene ring substituents is 1. The maximum absolute atomic E-state index is 12.3. The van der Waals surface area contributed by atoms with E-state index in [2.05, 4.69) is 4.72 Å². The summed E-state index contributed by atoms with van der Waals surface area (Å²) in [6.45, 7) is 2.27. The lowest BCUT2D eigenvalue weighted by atomic mass is 10.1. The van der Waals surface area contributed by atoms with E-state index in [-0.39, 0.29) is 11.1 Å². The summed E-state index contributed by atoms with van der Waals surface area (Å²) in [5.74, 6) is 0. The Hall–Kier alpha value is -1.22. The third-order valence-corrected chi connectivity index (χ3v) is 5.11. The van der Waals surface area contributed by atoms with Crippen molar-refractivity contribution in [3.8, 4) is 0 Å². The number of nitrogens with zero attached hydrogens (tertiary/aromatic N) is 1. The van der Waals surface area contributed by atoms with Gasteiger partial charge in [-0.15, -0.1) is 0 Å². The molecule has 0 spiro atoms. The minimum Gasteiger partial charge on any atom is -0.377 e. The van der Waals surface area contributed by atoms with Gasteiger partial charge in [0, 0.05) is 23.7 Å². The molecule has 0 aromatic heterocycles. The standard InChI is InChI=1S/C12H15ClN2O5S/c1-8(11-3-2-6-20-11)14-21(18,19)12-5-4-9(13)7-10(12)15(16)17/h4-5,7-8,11,14H,2-3,6H2,1H3/t8-,11-/m0/s1. The van der Waals surface area contributed by atoms with Crippen LogP contribution in [0.5, 0.6) is 0 Å². The quantitative estimate of drug-likeness (QED) is 0.656. The molecular formula is C12H15ClN2O5S. The molecule has 2 atom stereocenters. The predicted octanol–water partition coefficient (Wildman–Crippen LogP) is 2.09. The molecule has 1 saturated heterocycles. The SMILES string of the molecule is C[C@H](NS(=O)(=O)c1ccc(Cl)cc1[N+](=O)[O-])[C@@H]1CCCO1. The van der Waals surface area contributed by atoms with E-state index in [9.17, 15) is 18.5 Å². The van der Waals surface area contributed by atoms with Gasteiger partial charge in [0.2, 0.25) is 10.0 Å². The second-order valence-corrected chi connectivity index (χ2v) is 6.95. The normalized spacial score (nSPS) is 20.4. The Morgan fingerprint density at radius 3 is 2.81 bits per heavy atom. The minimum absolute atomic E-state index is 0.104. The molecule has 1 fully saturated rings. The van der Waals surface area contributed by atoms with E-state index in [0.717, 1.165) is 25.0 Å². The summed E-state index contributed by atoms with van der Waals surface area (Å²) in [6, 6.07) is 2.99. The fourth-order valence-corrected chi connectivity index (χ4v) is 3.83. The summed E-state index contributed by atoms with van der Waals surface area (Å²) in [4.78, 5) is 9.82. The predicted molar refractivity (Wildman–Crippen MR) is 76.9 cm³/mol. The Bertz CT molecular complexity index is 643. The molecule has 7 nitrogen and oxygen atoms in total. The van der Waals surface area contributed by atoms with Gasteiger partial charge in [0.15, 0.2) is 4.90 Å². The molecule has 1 heterocycles. The molecule has 21 heavy (non-hydrogen) atoms. The van der Waals surface area contributed by atoms with Gasteiger partial charge in [-0.05, 0) is 31.9 Å². The molecule has 1 N–H and O–H groups in total. The third kappa shape index (κ3) is 3.70. The van der Waals surface area contributed by atoms with Crippen LogP contribution in [0.15, 0.2) is 23.1 Å². The molecule has 9 heteroatoms. The van der Waals surface area contributed by atoms with Crippen molar-refractivity contribution in [3.05, 3.63) is 33.3 Å². The zero-order valence-corrected chi connectivity index (χ0v) is 12.9. The second kappa shape index (κ2) is 6.27. The molecular weight excluding hydrogens is 320 g/mol. The first-order chi connectivity index (χ1) is 9.81. The lowest BCUT2D eigenvalue weighted by molar-refractivity contribution is -0.387. The fraction of sp³-hybridized carbons (Fsp3) is 0.500. The van der Waals surface area contributed by atoms with Crippen molar-refractivity contribution in [1.29, 1.82) is 0 Å². The van der Waals surface area contributed by atoms with Crippen LogP contribution < -0.4 is 4.72 Å². The largest absolute Gasteiger partial charge is 0.377 e. The highest BCUT2D eigenvalue weighted by atomic mass is 35.5. The second-order valence-electron chi connectivity index (χ2n) is 4.83. The fourth-order valence-electron chi connectivity index (χ4n) is 2.24. The van der Waals surface area contributed by atoms with Gasteiger partial charge in [0.25, 0.3) is 5.69 Å². The number of hydrogen-bond acceptors (Lipinski definition) is 5. The zero-order valence-electron chi connectivity index (χ0n) is 11.3. The van der Waals surface area contributed by atoms with Crippen molar-refractivity contribution >= 4 is 27.3 Å². The molecule has 0 unspecified atom stereocenters. The average Bonchev–Trinajstić information content (AvgIpc) is 2.91. The van der Waals surface area contributed by atoms with E-state index in [4.69, 9.17) is 16.3 Å². The van der Waals surface area contributed by atoms with Crippen molar-refractivity contribution in [3.63, 3.8) is 0 Å². The van der Waals surface area contributed by atoms with Crippen molar-refractivity contribution in [2.24, 2.45) is 0 Å². The van der Waals surface area contributed by atoms with E-state index in [1.807, 2.05) is 0 Å². The first kappa shape index (κ1) is 16.2. The summed E-state index contributed by atoms with van der Waals surface area (Å²) in [7, 11) is -4.02. The Morgan fingerprint density at radius 2 is 2.24 bits per heavy atom. The van der Waals surface area contributed by atoms with Gasteiger partial charge in [-0.25, -0.2) is 13.1 Å². The number of ether oxygens (including phenoxy) is 1. The summed E-state index contributed by atoms with van der Waals surface area (Å²) in [5, 5.41) is 11.1. The van der Waals surface area contributed by atoms with Gasteiger partial charge in [0.1, 0.15) is 0 Å². The lowest BCUT2D eigenvalue weighted by Gasteiger charge is -2.19. The van der Waals surface area contributed by atoms with Gasteiger partial charge in [-0.2, -0.15) is 0 Å². The summed E-state index contributed by atoms with van der Waals surface area (Å²) >= 11 is 5.68. The zero-order chi connectivity index (χ0) is 15.6. The molecule has 0 bridgehead atoms.